The number of nitrogens with zero attached hydrogens (tertiary/aromatic N) is 2. The largest absolute Gasteiger partial charge is 0.352 e. The van der Waals surface area contributed by atoms with Gasteiger partial charge in [-0.1, -0.05) is 13.8 Å². The van der Waals surface area contributed by atoms with Gasteiger partial charge in [0.2, 0.25) is 5.82 Å². The van der Waals surface area contributed by atoms with E-state index >= 15 is 0 Å². The van der Waals surface area contributed by atoms with Crippen molar-refractivity contribution in [3.05, 3.63) is 23.8 Å². The van der Waals surface area contributed by atoms with E-state index in [0.717, 1.165) is 5.56 Å². The van der Waals surface area contributed by atoms with Crippen LogP contribution in [0.4, 0.5) is 0 Å². The number of aryl methyl sites for hydroxylation is 1. The summed E-state index contributed by atoms with van der Waals surface area (Å²) in [5.41, 5.74) is 0.942. The number of amides is 1. The molecule has 1 heterocycles. The number of aromatic nitrogens is 2. The van der Waals surface area contributed by atoms with E-state index in [2.05, 4.69) is 15.3 Å². The quantitative estimate of drug-likeness (QED) is 0.707. The maximum atomic E-state index is 10.9. The van der Waals surface area contributed by atoms with E-state index in [9.17, 15) is 4.79 Å². The first-order chi connectivity index (χ1) is 6.24. The first-order valence-corrected chi connectivity index (χ1v) is 4.25. The van der Waals surface area contributed by atoms with Crippen LogP contribution in [-0.4, -0.2) is 22.9 Å². The third-order valence-corrected chi connectivity index (χ3v) is 1.21. The highest BCUT2D eigenvalue weighted by Gasteiger charge is 2.03. The van der Waals surface area contributed by atoms with Crippen molar-refractivity contribution in [1.29, 1.82) is 0 Å². The summed E-state index contributed by atoms with van der Waals surface area (Å²) in [5.74, 6) is -0.0527. The molecule has 1 N–H and O–H groups in total. The van der Waals surface area contributed by atoms with Crippen LogP contribution in [-0.2, 0) is 0 Å². The van der Waals surface area contributed by atoms with Crippen molar-refractivity contribution in [3.63, 3.8) is 0 Å². The van der Waals surface area contributed by atoms with Crippen LogP contribution in [0.3, 0.4) is 0 Å². The average molecular weight is 181 g/mol. The molecule has 0 saturated carbocycles. The van der Waals surface area contributed by atoms with Crippen LogP contribution < -0.4 is 5.32 Å². The topological polar surface area (TPSA) is 54.9 Å². The highest BCUT2D eigenvalue weighted by atomic mass is 16.2. The van der Waals surface area contributed by atoms with Crippen molar-refractivity contribution in [3.8, 4) is 0 Å². The molecule has 0 aliphatic rings. The maximum Gasteiger partial charge on any atom is 0.288 e. The first-order valence-electron chi connectivity index (χ1n) is 4.25. The lowest BCUT2D eigenvalue weighted by atomic mass is 10.4. The first kappa shape index (κ1) is 11.6. The molecule has 4 nitrogen and oxygen atoms in total. The Labute approximate surface area is 78.4 Å². The summed E-state index contributed by atoms with van der Waals surface area (Å²) in [7, 11) is 1.55. The molecule has 0 atom stereocenters. The van der Waals surface area contributed by atoms with E-state index in [1.807, 2.05) is 20.8 Å². The molecule has 0 fully saturated rings. The number of hydrogen-bond acceptors (Lipinski definition) is 3. The standard InChI is InChI=1S/C7H9N3O.C2H6/c1-5-3-9-6(10-4-5)7(11)8-2;1-2/h3-4H,1-2H3,(H,8,11);1-2H3. The second kappa shape index (κ2) is 6.11. The van der Waals surface area contributed by atoms with E-state index in [-0.39, 0.29) is 11.7 Å². The molecule has 0 aliphatic carbocycles. The van der Waals surface area contributed by atoms with E-state index in [4.69, 9.17) is 0 Å². The molecule has 72 valence electrons. The molecular weight excluding hydrogens is 166 g/mol. The molecule has 1 aromatic heterocycles. The van der Waals surface area contributed by atoms with Crippen LogP contribution in [0.5, 0.6) is 0 Å². The fraction of sp³-hybridized carbons (Fsp3) is 0.444. The van der Waals surface area contributed by atoms with Gasteiger partial charge in [-0.15, -0.1) is 0 Å². The van der Waals surface area contributed by atoms with Crippen molar-refractivity contribution in [1.82, 2.24) is 15.3 Å². The molecule has 4 heteroatoms. The molecule has 0 aliphatic heterocycles. The van der Waals surface area contributed by atoms with Crippen LogP contribution >= 0.6 is 0 Å². The van der Waals surface area contributed by atoms with Crippen molar-refractivity contribution in [2.24, 2.45) is 0 Å². The van der Waals surface area contributed by atoms with Gasteiger partial charge in [0.05, 0.1) is 0 Å². The summed E-state index contributed by atoms with van der Waals surface area (Å²) in [4.78, 5) is 18.5. The highest BCUT2D eigenvalue weighted by molar-refractivity contribution is 5.89. The van der Waals surface area contributed by atoms with E-state index in [1.165, 1.54) is 0 Å². The molecule has 0 bridgehead atoms. The SMILES string of the molecule is CC.CNC(=O)c1ncc(C)cn1. The Morgan fingerprint density at radius 1 is 1.31 bits per heavy atom. The zero-order valence-electron chi connectivity index (χ0n) is 8.46. The predicted octanol–water partition coefficient (Wildman–Crippen LogP) is 1.17. The molecule has 1 rings (SSSR count). The summed E-state index contributed by atoms with van der Waals surface area (Å²) in [6, 6.07) is 0. The van der Waals surface area contributed by atoms with Gasteiger partial charge in [0, 0.05) is 19.4 Å². The van der Waals surface area contributed by atoms with Crippen LogP contribution in [0.1, 0.15) is 30.0 Å². The van der Waals surface area contributed by atoms with E-state index in [1.54, 1.807) is 19.4 Å². The van der Waals surface area contributed by atoms with Gasteiger partial charge in [-0.25, -0.2) is 9.97 Å². The van der Waals surface area contributed by atoms with Gasteiger partial charge in [-0.2, -0.15) is 0 Å². The van der Waals surface area contributed by atoms with Crippen LogP contribution in [0.2, 0.25) is 0 Å². The summed E-state index contributed by atoms with van der Waals surface area (Å²) in [6.07, 6.45) is 3.22. The Morgan fingerprint density at radius 2 is 1.77 bits per heavy atom. The minimum atomic E-state index is -0.259. The van der Waals surface area contributed by atoms with E-state index in [0.29, 0.717) is 0 Å². The average Bonchev–Trinajstić information content (AvgIpc) is 2.21. The molecule has 1 aromatic rings. The minimum Gasteiger partial charge on any atom is -0.352 e. The Balaban J connectivity index is 0.000000671. The number of carbonyl (C=O) groups is 1. The van der Waals surface area contributed by atoms with Crippen LogP contribution in [0.25, 0.3) is 0 Å². The molecule has 0 spiro atoms. The Kier molecular flexibility index (Phi) is 5.43. The van der Waals surface area contributed by atoms with Gasteiger partial charge in [-0.05, 0) is 12.5 Å². The zero-order valence-corrected chi connectivity index (χ0v) is 8.46. The summed E-state index contributed by atoms with van der Waals surface area (Å²) < 4.78 is 0. The number of carbonyl (C=O) groups excluding carboxylic acids is 1. The summed E-state index contributed by atoms with van der Waals surface area (Å²) >= 11 is 0. The zero-order chi connectivity index (χ0) is 10.3. The van der Waals surface area contributed by atoms with Gasteiger partial charge in [0.15, 0.2) is 0 Å². The monoisotopic (exact) mass is 181 g/mol. The summed E-state index contributed by atoms with van der Waals surface area (Å²) in [5, 5.41) is 2.44. The Hall–Kier alpha value is -1.45. The number of nitrogens with one attached hydrogen (secondary N) is 1. The van der Waals surface area contributed by atoms with Gasteiger partial charge in [-0.3, -0.25) is 4.79 Å². The van der Waals surface area contributed by atoms with Gasteiger partial charge in [0.25, 0.3) is 5.91 Å². The van der Waals surface area contributed by atoms with Crippen molar-refractivity contribution < 1.29 is 4.79 Å². The third-order valence-electron chi connectivity index (χ3n) is 1.21. The normalized spacial score (nSPS) is 8.31. The molecule has 13 heavy (non-hydrogen) atoms. The lowest BCUT2D eigenvalue weighted by Crippen LogP contribution is -2.20. The lowest BCUT2D eigenvalue weighted by molar-refractivity contribution is 0.0952. The van der Waals surface area contributed by atoms with Crippen LogP contribution in [0, 0.1) is 6.92 Å². The molecular formula is C9H15N3O. The second-order valence-corrected chi connectivity index (χ2v) is 2.16. The third kappa shape index (κ3) is 3.64. The van der Waals surface area contributed by atoms with E-state index < -0.39 is 0 Å². The lowest BCUT2D eigenvalue weighted by Gasteiger charge is -1.96. The molecule has 0 unspecified atom stereocenters. The molecule has 0 saturated heterocycles. The molecule has 0 aromatic carbocycles. The van der Waals surface area contributed by atoms with Crippen molar-refractivity contribution >= 4 is 5.91 Å². The molecule has 0 radical (unpaired) electrons. The van der Waals surface area contributed by atoms with Crippen molar-refractivity contribution in [2.75, 3.05) is 7.05 Å². The second-order valence-electron chi connectivity index (χ2n) is 2.16. The fourth-order valence-electron chi connectivity index (χ4n) is 0.622. The number of hydrogen-bond donors (Lipinski definition) is 1. The van der Waals surface area contributed by atoms with Gasteiger partial charge >= 0.3 is 0 Å². The van der Waals surface area contributed by atoms with Crippen molar-refractivity contribution in [2.45, 2.75) is 20.8 Å². The summed E-state index contributed by atoms with van der Waals surface area (Å²) in [6.45, 7) is 5.87. The van der Waals surface area contributed by atoms with Gasteiger partial charge < -0.3 is 5.32 Å². The smallest absolute Gasteiger partial charge is 0.288 e. The predicted molar refractivity (Wildman–Crippen MR) is 51.5 cm³/mol. The maximum absolute atomic E-state index is 10.9. The van der Waals surface area contributed by atoms with Gasteiger partial charge in [0.1, 0.15) is 0 Å². The highest BCUT2D eigenvalue weighted by Crippen LogP contribution is 1.92. The molecule has 1 amide bonds. The Morgan fingerprint density at radius 3 is 2.15 bits per heavy atom. The van der Waals surface area contributed by atoms with Crippen LogP contribution in [0.15, 0.2) is 12.4 Å². The fourth-order valence-corrected chi connectivity index (χ4v) is 0.622. The minimum absolute atomic E-state index is 0.207. The number of rotatable bonds is 1. The Bertz CT molecular complexity index is 256.